The van der Waals surface area contributed by atoms with Gasteiger partial charge in [-0.05, 0) is 31.7 Å². The number of amides is 1. The van der Waals surface area contributed by atoms with Crippen LogP contribution in [0, 0.1) is 12.8 Å². The second-order valence-corrected chi connectivity index (χ2v) is 6.76. The Bertz CT molecular complexity index is 665. The maximum Gasteiger partial charge on any atom is 0.254 e. The lowest BCUT2D eigenvalue weighted by Gasteiger charge is -2.18. The fourth-order valence-electron chi connectivity index (χ4n) is 2.71. The third kappa shape index (κ3) is 4.68. The van der Waals surface area contributed by atoms with Crippen LogP contribution in [-0.2, 0) is 6.54 Å². The Kier molecular flexibility index (Phi) is 6.15. The molecule has 130 valence electrons. The molecule has 2 unspecified atom stereocenters. The summed E-state index contributed by atoms with van der Waals surface area (Å²) >= 11 is 0. The Morgan fingerprint density at radius 3 is 2.54 bits per heavy atom. The third-order valence-corrected chi connectivity index (χ3v) is 4.02. The van der Waals surface area contributed by atoms with Crippen molar-refractivity contribution in [3.63, 3.8) is 0 Å². The molecule has 5 heteroatoms. The molecule has 24 heavy (non-hydrogen) atoms. The van der Waals surface area contributed by atoms with Crippen molar-refractivity contribution in [3.8, 4) is 0 Å². The van der Waals surface area contributed by atoms with Gasteiger partial charge in [-0.25, -0.2) is 0 Å². The van der Waals surface area contributed by atoms with Crippen LogP contribution >= 0.6 is 0 Å². The Hall–Kier alpha value is -2.14. The number of nitrogens with zero attached hydrogens (tertiary/aromatic N) is 2. The molecule has 0 saturated carbocycles. The average Bonchev–Trinajstić information content (AvgIpc) is 2.88. The van der Waals surface area contributed by atoms with Crippen molar-refractivity contribution in [2.45, 2.75) is 52.8 Å². The van der Waals surface area contributed by atoms with Crippen LogP contribution in [0.15, 0.2) is 36.5 Å². The van der Waals surface area contributed by atoms with Crippen molar-refractivity contribution < 1.29 is 9.90 Å². The Morgan fingerprint density at radius 1 is 1.25 bits per heavy atom. The molecule has 0 fully saturated rings. The van der Waals surface area contributed by atoms with Gasteiger partial charge in [0.1, 0.15) is 0 Å². The summed E-state index contributed by atoms with van der Waals surface area (Å²) in [6, 6.07) is 9.35. The molecule has 2 rings (SSSR count). The van der Waals surface area contributed by atoms with Crippen LogP contribution < -0.4 is 5.32 Å². The van der Waals surface area contributed by atoms with Gasteiger partial charge in [0.15, 0.2) is 0 Å². The van der Waals surface area contributed by atoms with E-state index in [0.717, 1.165) is 17.8 Å². The van der Waals surface area contributed by atoms with Crippen LogP contribution in [0.4, 0.5) is 0 Å². The van der Waals surface area contributed by atoms with Crippen LogP contribution in [0.5, 0.6) is 0 Å². The molecule has 0 bridgehead atoms. The highest BCUT2D eigenvalue weighted by molar-refractivity contribution is 5.95. The number of hydrogen-bond acceptors (Lipinski definition) is 3. The molecule has 0 radical (unpaired) electrons. The van der Waals surface area contributed by atoms with Crippen molar-refractivity contribution in [1.29, 1.82) is 0 Å². The summed E-state index contributed by atoms with van der Waals surface area (Å²) in [6.07, 6.45) is 1.49. The van der Waals surface area contributed by atoms with Gasteiger partial charge in [-0.3, -0.25) is 9.48 Å². The van der Waals surface area contributed by atoms with E-state index in [4.69, 9.17) is 0 Å². The molecule has 0 aliphatic carbocycles. The van der Waals surface area contributed by atoms with E-state index in [2.05, 4.69) is 24.3 Å². The second-order valence-electron chi connectivity index (χ2n) is 6.76. The molecule has 1 amide bonds. The van der Waals surface area contributed by atoms with Crippen molar-refractivity contribution in [2.75, 3.05) is 0 Å². The van der Waals surface area contributed by atoms with E-state index in [9.17, 15) is 9.90 Å². The standard InChI is InChI=1S/C19H27N3O2/c1-13(2)12-22-15(4)17(11-20-22)19(24)21-14(3)10-18(23)16-8-6-5-7-9-16/h5-9,11,13-14,18,23H,10,12H2,1-4H3,(H,21,24). The lowest BCUT2D eigenvalue weighted by atomic mass is 10.0. The molecule has 2 atom stereocenters. The predicted octanol–water partition coefficient (Wildman–Crippen LogP) is 3.09. The van der Waals surface area contributed by atoms with Crippen LogP contribution in [-0.4, -0.2) is 26.8 Å². The highest BCUT2D eigenvalue weighted by atomic mass is 16.3. The fraction of sp³-hybridized carbons (Fsp3) is 0.474. The van der Waals surface area contributed by atoms with E-state index in [1.165, 1.54) is 0 Å². The monoisotopic (exact) mass is 329 g/mol. The van der Waals surface area contributed by atoms with Gasteiger partial charge in [0.2, 0.25) is 0 Å². The van der Waals surface area contributed by atoms with Crippen molar-refractivity contribution in [2.24, 2.45) is 5.92 Å². The number of aromatic nitrogens is 2. The zero-order valence-electron chi connectivity index (χ0n) is 14.9. The lowest BCUT2D eigenvalue weighted by molar-refractivity contribution is 0.0916. The summed E-state index contributed by atoms with van der Waals surface area (Å²) in [6.45, 7) is 8.84. The van der Waals surface area contributed by atoms with E-state index < -0.39 is 6.10 Å². The molecule has 1 aromatic carbocycles. The summed E-state index contributed by atoms with van der Waals surface area (Å²) in [5, 5.41) is 17.5. The Labute approximate surface area is 143 Å². The van der Waals surface area contributed by atoms with Gasteiger partial charge >= 0.3 is 0 Å². The molecule has 1 heterocycles. The average molecular weight is 329 g/mol. The van der Waals surface area contributed by atoms with Gasteiger partial charge in [-0.1, -0.05) is 44.2 Å². The Balaban J connectivity index is 1.95. The van der Waals surface area contributed by atoms with Crippen LogP contribution in [0.3, 0.4) is 0 Å². The summed E-state index contributed by atoms with van der Waals surface area (Å²) in [5.41, 5.74) is 2.33. The first-order chi connectivity index (χ1) is 11.4. The number of benzene rings is 1. The Morgan fingerprint density at radius 2 is 1.92 bits per heavy atom. The van der Waals surface area contributed by atoms with E-state index in [1.807, 2.05) is 48.9 Å². The van der Waals surface area contributed by atoms with Gasteiger partial charge in [0.25, 0.3) is 5.91 Å². The maximum absolute atomic E-state index is 12.4. The van der Waals surface area contributed by atoms with E-state index in [-0.39, 0.29) is 11.9 Å². The van der Waals surface area contributed by atoms with Crippen molar-refractivity contribution in [3.05, 3.63) is 53.3 Å². The molecule has 1 aromatic heterocycles. The van der Waals surface area contributed by atoms with Gasteiger partial charge in [0.05, 0.1) is 17.9 Å². The molecule has 2 aromatic rings. The minimum Gasteiger partial charge on any atom is -0.388 e. The second kappa shape index (κ2) is 8.11. The van der Waals surface area contributed by atoms with Crippen molar-refractivity contribution >= 4 is 5.91 Å². The molecule has 0 spiro atoms. The van der Waals surface area contributed by atoms with Crippen LogP contribution in [0.25, 0.3) is 0 Å². The summed E-state index contributed by atoms with van der Waals surface area (Å²) in [5.74, 6) is 0.328. The van der Waals surface area contributed by atoms with E-state index >= 15 is 0 Å². The number of hydrogen-bond donors (Lipinski definition) is 2. The molecule has 0 aliphatic heterocycles. The molecule has 0 saturated heterocycles. The molecular weight excluding hydrogens is 302 g/mol. The first kappa shape index (κ1) is 18.2. The predicted molar refractivity (Wildman–Crippen MR) is 94.7 cm³/mol. The third-order valence-electron chi connectivity index (χ3n) is 4.02. The lowest BCUT2D eigenvalue weighted by Crippen LogP contribution is -2.34. The first-order valence-electron chi connectivity index (χ1n) is 8.44. The number of aliphatic hydroxyl groups excluding tert-OH is 1. The normalized spacial score (nSPS) is 13.8. The number of carbonyl (C=O) groups excluding carboxylic acids is 1. The summed E-state index contributed by atoms with van der Waals surface area (Å²) in [7, 11) is 0. The maximum atomic E-state index is 12.4. The summed E-state index contributed by atoms with van der Waals surface area (Å²) in [4.78, 5) is 12.4. The fourth-order valence-corrected chi connectivity index (χ4v) is 2.71. The first-order valence-corrected chi connectivity index (χ1v) is 8.44. The van der Waals surface area contributed by atoms with Crippen molar-refractivity contribution in [1.82, 2.24) is 15.1 Å². The van der Waals surface area contributed by atoms with Crippen LogP contribution in [0.2, 0.25) is 0 Å². The van der Waals surface area contributed by atoms with Gasteiger partial charge in [-0.2, -0.15) is 5.10 Å². The zero-order chi connectivity index (χ0) is 17.7. The smallest absolute Gasteiger partial charge is 0.254 e. The van der Waals surface area contributed by atoms with Crippen LogP contribution in [0.1, 0.15) is 54.9 Å². The molecular formula is C19H27N3O2. The minimum absolute atomic E-state index is 0.138. The quantitative estimate of drug-likeness (QED) is 0.820. The molecule has 2 N–H and O–H groups in total. The number of carbonyl (C=O) groups is 1. The SMILES string of the molecule is Cc1c(C(=O)NC(C)CC(O)c2ccccc2)cnn1CC(C)C. The summed E-state index contributed by atoms with van der Waals surface area (Å²) < 4.78 is 1.86. The number of aliphatic hydroxyl groups is 1. The molecule has 5 nitrogen and oxygen atoms in total. The highest BCUT2D eigenvalue weighted by Crippen LogP contribution is 2.18. The van der Waals surface area contributed by atoms with E-state index in [0.29, 0.717) is 17.9 Å². The zero-order valence-corrected chi connectivity index (χ0v) is 14.9. The number of nitrogens with one attached hydrogen (secondary N) is 1. The topological polar surface area (TPSA) is 67.2 Å². The van der Waals surface area contributed by atoms with Gasteiger partial charge < -0.3 is 10.4 Å². The highest BCUT2D eigenvalue weighted by Gasteiger charge is 2.18. The largest absolute Gasteiger partial charge is 0.388 e. The van der Waals surface area contributed by atoms with Gasteiger partial charge in [-0.15, -0.1) is 0 Å². The minimum atomic E-state index is -0.591. The van der Waals surface area contributed by atoms with E-state index in [1.54, 1.807) is 6.20 Å². The molecule has 0 aliphatic rings. The number of rotatable bonds is 7. The van der Waals surface area contributed by atoms with Gasteiger partial charge in [0, 0.05) is 18.3 Å².